The highest BCUT2D eigenvalue weighted by atomic mass is 19.4. The Balaban J connectivity index is 1.74. The van der Waals surface area contributed by atoms with Crippen LogP contribution in [0.4, 0.5) is 38.3 Å². The Hall–Kier alpha value is -3.62. The van der Waals surface area contributed by atoms with Gasteiger partial charge in [0.1, 0.15) is 11.9 Å². The number of aliphatic hydroxyl groups is 1. The minimum absolute atomic E-state index is 0.0218. The number of aliphatic hydroxyl groups excluding tert-OH is 1. The second kappa shape index (κ2) is 9.79. The zero-order valence-electron chi connectivity index (χ0n) is 19.6. The number of hydrogen-bond acceptors (Lipinski definition) is 7. The molecule has 2 aliphatic heterocycles. The fourth-order valence-electron chi connectivity index (χ4n) is 3.98. The van der Waals surface area contributed by atoms with Crippen LogP contribution in [0.5, 0.6) is 0 Å². The number of nitrogens with zero attached hydrogens (tertiary/aromatic N) is 4. The van der Waals surface area contributed by atoms with Gasteiger partial charge in [0.05, 0.1) is 35.3 Å². The van der Waals surface area contributed by atoms with E-state index >= 15 is 8.78 Å². The highest BCUT2D eigenvalue weighted by molar-refractivity contribution is 5.99. The number of piperidine rings is 1. The van der Waals surface area contributed by atoms with Crippen molar-refractivity contribution in [3.05, 3.63) is 41.4 Å². The first kappa shape index (κ1) is 27.0. The number of likely N-dealkylation sites (N-methyl/N-ethyl adjacent to an activating group) is 1. The predicted molar refractivity (Wildman–Crippen MR) is 120 cm³/mol. The van der Waals surface area contributed by atoms with E-state index in [1.165, 1.54) is 31.3 Å². The largest absolute Gasteiger partial charge is 0.417 e. The summed E-state index contributed by atoms with van der Waals surface area (Å²) in [4.78, 5) is 31.4. The predicted octanol–water partition coefficient (Wildman–Crippen LogP) is 1.47. The van der Waals surface area contributed by atoms with Gasteiger partial charge in [-0.25, -0.2) is 18.6 Å². The van der Waals surface area contributed by atoms with Crippen LogP contribution in [0.15, 0.2) is 35.8 Å². The van der Waals surface area contributed by atoms with E-state index in [4.69, 9.17) is 5.73 Å². The summed E-state index contributed by atoms with van der Waals surface area (Å²) >= 11 is 0. The van der Waals surface area contributed by atoms with Gasteiger partial charge in [0.25, 0.3) is 11.8 Å². The second-order valence-corrected chi connectivity index (χ2v) is 8.45. The van der Waals surface area contributed by atoms with Gasteiger partial charge in [-0.1, -0.05) is 0 Å². The quantitative estimate of drug-likeness (QED) is 0.444. The molecule has 0 radical (unpaired) electrons. The number of anilines is 2. The van der Waals surface area contributed by atoms with E-state index in [0.29, 0.717) is 17.2 Å². The van der Waals surface area contributed by atoms with Crippen molar-refractivity contribution in [1.82, 2.24) is 25.4 Å². The fraction of sp³-hybridized carbons (Fsp3) is 0.476. The van der Waals surface area contributed by atoms with Gasteiger partial charge in [0.2, 0.25) is 0 Å². The molecule has 1 aromatic rings. The summed E-state index contributed by atoms with van der Waals surface area (Å²) in [5.41, 5.74) is 4.32. The first-order chi connectivity index (χ1) is 16.7. The van der Waals surface area contributed by atoms with Crippen LogP contribution < -0.4 is 21.3 Å². The van der Waals surface area contributed by atoms with E-state index in [9.17, 15) is 27.9 Å². The van der Waals surface area contributed by atoms with Crippen molar-refractivity contribution in [1.29, 1.82) is 0 Å². The summed E-state index contributed by atoms with van der Waals surface area (Å²) in [6, 6.07) is -1.36. The number of allylic oxidation sites excluding steroid dienone is 2. The molecular weight excluding hydrogens is 493 g/mol. The van der Waals surface area contributed by atoms with Gasteiger partial charge < -0.3 is 36.2 Å². The number of nitrogen functional groups attached to an aromatic ring is 1. The molecule has 2 aliphatic rings. The van der Waals surface area contributed by atoms with Crippen LogP contribution in [0.25, 0.3) is 0 Å². The Morgan fingerprint density at radius 2 is 2.00 bits per heavy atom. The number of rotatable bonds is 4. The molecule has 36 heavy (non-hydrogen) atoms. The summed E-state index contributed by atoms with van der Waals surface area (Å²) in [5, 5.41) is 14.6. The minimum atomic E-state index is -4.75. The number of nitrogens with one attached hydrogen (secondary N) is 2. The Morgan fingerprint density at radius 1 is 1.33 bits per heavy atom. The number of urea groups is 1. The van der Waals surface area contributed by atoms with Gasteiger partial charge in [-0.15, -0.1) is 0 Å². The van der Waals surface area contributed by atoms with E-state index in [1.54, 1.807) is 0 Å². The highest BCUT2D eigenvalue weighted by Crippen LogP contribution is 2.34. The van der Waals surface area contributed by atoms with Gasteiger partial charge in [-0.2, -0.15) is 13.2 Å². The number of carbonyl (C=O) groups is 2. The van der Waals surface area contributed by atoms with Gasteiger partial charge >= 0.3 is 12.2 Å². The summed E-state index contributed by atoms with van der Waals surface area (Å²) in [5.74, 6) is -4.04. The number of halogens is 5. The smallest absolute Gasteiger partial charge is 0.383 e. The van der Waals surface area contributed by atoms with Crippen LogP contribution in [-0.2, 0) is 0 Å². The third kappa shape index (κ3) is 5.45. The van der Waals surface area contributed by atoms with Crippen LogP contribution in [0.3, 0.4) is 0 Å². The second-order valence-electron chi connectivity index (χ2n) is 8.45. The molecule has 3 amide bonds. The Kier molecular flexibility index (Phi) is 7.34. The maximum atomic E-state index is 15.1. The number of nitrogens with two attached hydrogens (primary N) is 1. The molecule has 1 saturated heterocycles. The molecule has 15 heteroatoms. The lowest BCUT2D eigenvalue weighted by molar-refractivity contribution is -0.0911. The minimum Gasteiger partial charge on any atom is -0.383 e. The lowest BCUT2D eigenvalue weighted by atomic mass is 9.99. The molecule has 1 fully saturated rings. The molecule has 0 aromatic carbocycles. The molecule has 1 unspecified atom stereocenters. The lowest BCUT2D eigenvalue weighted by Gasteiger charge is -2.43. The van der Waals surface area contributed by atoms with E-state index in [-0.39, 0.29) is 30.0 Å². The molecule has 10 nitrogen and oxygen atoms in total. The number of hydrogen-bond donors (Lipinski definition) is 4. The number of pyridine rings is 1. The number of aromatic nitrogens is 1. The molecule has 3 rings (SSSR count). The van der Waals surface area contributed by atoms with E-state index in [0.717, 1.165) is 11.9 Å². The van der Waals surface area contributed by atoms with E-state index < -0.39 is 54.1 Å². The number of alkyl halides is 5. The molecule has 0 aliphatic carbocycles. The average molecular weight is 519 g/mol. The van der Waals surface area contributed by atoms with Crippen molar-refractivity contribution >= 4 is 23.4 Å². The van der Waals surface area contributed by atoms with Crippen LogP contribution in [0, 0.1) is 0 Å². The van der Waals surface area contributed by atoms with Gasteiger partial charge in [0, 0.05) is 33.9 Å². The summed E-state index contributed by atoms with van der Waals surface area (Å²) < 4.78 is 69.6. The zero-order chi connectivity index (χ0) is 27.0. The molecule has 3 heterocycles. The maximum Gasteiger partial charge on any atom is 0.417 e. The number of amides is 3. The van der Waals surface area contributed by atoms with Crippen LogP contribution in [-0.4, -0.2) is 90.4 Å². The SMILES string of the molecule is CNC(=O)c1cc(N2CC[C@H](N(C)C(=O)NC3=CC(C(F)(F)F)=CN(C)C3O)C(F)(F)C2)cnc1N. The topological polar surface area (TPSA) is 127 Å². The average Bonchev–Trinajstić information content (AvgIpc) is 2.79. The van der Waals surface area contributed by atoms with E-state index in [1.807, 2.05) is 0 Å². The van der Waals surface area contributed by atoms with Crippen molar-refractivity contribution in [3.8, 4) is 0 Å². The molecule has 198 valence electrons. The van der Waals surface area contributed by atoms with E-state index in [2.05, 4.69) is 15.6 Å². The Labute approximate surface area is 203 Å². The third-order valence-corrected chi connectivity index (χ3v) is 5.99. The van der Waals surface area contributed by atoms with Crippen molar-refractivity contribution < 1.29 is 36.6 Å². The zero-order valence-corrected chi connectivity index (χ0v) is 19.6. The lowest BCUT2D eigenvalue weighted by Crippen LogP contribution is -2.60. The van der Waals surface area contributed by atoms with Gasteiger partial charge in [-0.3, -0.25) is 4.79 Å². The van der Waals surface area contributed by atoms with Gasteiger partial charge in [0.15, 0.2) is 6.23 Å². The normalized spacial score (nSPS) is 21.9. The van der Waals surface area contributed by atoms with Crippen molar-refractivity contribution in [2.24, 2.45) is 0 Å². The summed E-state index contributed by atoms with van der Waals surface area (Å²) in [7, 11) is 3.65. The fourth-order valence-corrected chi connectivity index (χ4v) is 3.98. The summed E-state index contributed by atoms with van der Waals surface area (Å²) in [6.07, 6.45) is -4.09. The molecule has 1 aromatic heterocycles. The number of carbonyl (C=O) groups excluding carboxylic acids is 2. The van der Waals surface area contributed by atoms with Crippen molar-refractivity contribution in [2.45, 2.75) is 30.8 Å². The molecule has 0 bridgehead atoms. The van der Waals surface area contributed by atoms with Crippen molar-refractivity contribution in [2.75, 3.05) is 44.9 Å². The monoisotopic (exact) mass is 519 g/mol. The maximum absolute atomic E-state index is 15.1. The third-order valence-electron chi connectivity index (χ3n) is 5.99. The highest BCUT2D eigenvalue weighted by Gasteiger charge is 2.48. The summed E-state index contributed by atoms with van der Waals surface area (Å²) in [6.45, 7) is -0.755. The molecular formula is C21H26F5N7O3. The molecule has 2 atom stereocenters. The molecule has 5 N–H and O–H groups in total. The van der Waals surface area contributed by atoms with Gasteiger partial charge in [-0.05, 0) is 18.6 Å². The van der Waals surface area contributed by atoms with Crippen molar-refractivity contribution in [3.63, 3.8) is 0 Å². The standard InChI is InChI=1S/C21H26F5N7O3/c1-28-17(34)13-7-12(8-29-16(13)27)33-5-4-15(20(22,23)10-33)32(3)19(36)30-14-6-11(21(24,25)26)9-31(2)18(14)35/h6-9,15,18,35H,4-5,10H2,1-3H3,(H2,27,29)(H,28,34)(H,30,36)/t15-,18?/m0/s1. The first-order valence-corrected chi connectivity index (χ1v) is 10.7. The first-order valence-electron chi connectivity index (χ1n) is 10.7. The molecule has 0 saturated carbocycles. The van der Waals surface area contributed by atoms with Crippen LogP contribution in [0.1, 0.15) is 16.8 Å². The van der Waals surface area contributed by atoms with Crippen LogP contribution >= 0.6 is 0 Å². The van der Waals surface area contributed by atoms with Crippen LogP contribution in [0.2, 0.25) is 0 Å². The molecule has 0 spiro atoms. The Morgan fingerprint density at radius 3 is 2.58 bits per heavy atom. The Bertz CT molecular complexity index is 1090.